The molecule has 0 bridgehead atoms. The predicted molar refractivity (Wildman–Crippen MR) is 65.5 cm³/mol. The molecule has 4 heteroatoms. The van der Waals surface area contributed by atoms with Gasteiger partial charge in [-0.25, -0.2) is 0 Å². The van der Waals surface area contributed by atoms with Gasteiger partial charge in [-0.05, 0) is 37.6 Å². The Bertz CT molecular complexity index is 322. The maximum Gasteiger partial charge on any atom is 0.305 e. The van der Waals surface area contributed by atoms with Crippen LogP contribution in [0.2, 0.25) is 0 Å². The summed E-state index contributed by atoms with van der Waals surface area (Å²) in [5, 5.41) is 0. The standard InChI is InChI=1S/C12H15BrO3/c1-2-15-12(14)4-3-9-16-11-7-5-10(13)6-8-11/h5-8H,2-4,9H2,1H3. The van der Waals surface area contributed by atoms with Crippen LogP contribution < -0.4 is 4.74 Å². The van der Waals surface area contributed by atoms with E-state index >= 15 is 0 Å². The van der Waals surface area contributed by atoms with Crippen molar-refractivity contribution < 1.29 is 14.3 Å². The van der Waals surface area contributed by atoms with Crippen LogP contribution in [0.15, 0.2) is 28.7 Å². The van der Waals surface area contributed by atoms with Gasteiger partial charge in [-0.15, -0.1) is 0 Å². The second-order valence-electron chi connectivity index (χ2n) is 3.21. The average Bonchev–Trinajstić information content (AvgIpc) is 2.27. The third kappa shape index (κ3) is 5.16. The lowest BCUT2D eigenvalue weighted by Gasteiger charge is -2.05. The molecule has 0 atom stereocenters. The molecular weight excluding hydrogens is 272 g/mol. The second kappa shape index (κ2) is 7.28. The summed E-state index contributed by atoms with van der Waals surface area (Å²) in [5.74, 6) is 0.647. The number of benzene rings is 1. The number of carbonyl (C=O) groups is 1. The molecule has 0 aliphatic rings. The summed E-state index contributed by atoms with van der Waals surface area (Å²) in [5.41, 5.74) is 0. The van der Waals surface area contributed by atoms with E-state index in [0.29, 0.717) is 26.1 Å². The number of esters is 1. The van der Waals surface area contributed by atoms with Crippen LogP contribution in [0.5, 0.6) is 5.75 Å². The first-order valence-electron chi connectivity index (χ1n) is 5.26. The summed E-state index contributed by atoms with van der Waals surface area (Å²) in [4.78, 5) is 11.0. The summed E-state index contributed by atoms with van der Waals surface area (Å²) in [6.45, 7) is 2.77. The summed E-state index contributed by atoms with van der Waals surface area (Å²) < 4.78 is 11.3. The van der Waals surface area contributed by atoms with Gasteiger partial charge in [0.05, 0.1) is 13.2 Å². The maximum atomic E-state index is 11.0. The Kier molecular flexibility index (Phi) is 5.93. The lowest BCUT2D eigenvalue weighted by molar-refractivity contribution is -0.143. The zero-order valence-electron chi connectivity index (χ0n) is 9.24. The molecule has 0 spiro atoms. The molecule has 0 N–H and O–H groups in total. The van der Waals surface area contributed by atoms with Gasteiger partial charge in [-0.1, -0.05) is 15.9 Å². The van der Waals surface area contributed by atoms with E-state index in [4.69, 9.17) is 9.47 Å². The first kappa shape index (κ1) is 13.0. The van der Waals surface area contributed by atoms with Crippen molar-refractivity contribution in [2.45, 2.75) is 19.8 Å². The van der Waals surface area contributed by atoms with Crippen molar-refractivity contribution in [1.82, 2.24) is 0 Å². The molecule has 0 heterocycles. The Morgan fingerprint density at radius 1 is 1.31 bits per heavy atom. The lowest BCUT2D eigenvalue weighted by Crippen LogP contribution is -2.06. The van der Waals surface area contributed by atoms with Crippen LogP contribution in [0.4, 0.5) is 0 Å². The smallest absolute Gasteiger partial charge is 0.305 e. The highest BCUT2D eigenvalue weighted by atomic mass is 79.9. The Morgan fingerprint density at radius 2 is 2.00 bits per heavy atom. The van der Waals surface area contributed by atoms with Crippen LogP contribution in [0.25, 0.3) is 0 Å². The van der Waals surface area contributed by atoms with Gasteiger partial charge in [0, 0.05) is 10.9 Å². The summed E-state index contributed by atoms with van der Waals surface area (Å²) in [6, 6.07) is 7.60. The SMILES string of the molecule is CCOC(=O)CCCOc1ccc(Br)cc1. The highest BCUT2D eigenvalue weighted by Gasteiger charge is 2.01. The molecule has 0 fully saturated rings. The van der Waals surface area contributed by atoms with Gasteiger partial charge >= 0.3 is 5.97 Å². The van der Waals surface area contributed by atoms with E-state index in [1.165, 1.54) is 0 Å². The number of carbonyl (C=O) groups excluding carboxylic acids is 1. The summed E-state index contributed by atoms with van der Waals surface area (Å²) in [6.07, 6.45) is 1.08. The fraction of sp³-hybridized carbons (Fsp3) is 0.417. The minimum atomic E-state index is -0.165. The van der Waals surface area contributed by atoms with Crippen molar-refractivity contribution in [3.8, 4) is 5.75 Å². The third-order valence-corrected chi connectivity index (χ3v) is 2.44. The molecule has 0 saturated carbocycles. The molecule has 1 aromatic carbocycles. The molecule has 3 nitrogen and oxygen atoms in total. The van der Waals surface area contributed by atoms with Crippen LogP contribution in [-0.4, -0.2) is 19.2 Å². The zero-order valence-corrected chi connectivity index (χ0v) is 10.8. The number of hydrogen-bond donors (Lipinski definition) is 0. The minimum Gasteiger partial charge on any atom is -0.494 e. The fourth-order valence-electron chi connectivity index (χ4n) is 1.17. The van der Waals surface area contributed by atoms with Crippen molar-refractivity contribution in [1.29, 1.82) is 0 Å². The van der Waals surface area contributed by atoms with Gasteiger partial charge in [-0.2, -0.15) is 0 Å². The van der Waals surface area contributed by atoms with Crippen LogP contribution in [0.3, 0.4) is 0 Å². The van der Waals surface area contributed by atoms with E-state index in [1.54, 1.807) is 6.92 Å². The van der Waals surface area contributed by atoms with Crippen LogP contribution in [0.1, 0.15) is 19.8 Å². The van der Waals surface area contributed by atoms with E-state index in [2.05, 4.69) is 15.9 Å². The van der Waals surface area contributed by atoms with Gasteiger partial charge in [0.15, 0.2) is 0 Å². The monoisotopic (exact) mass is 286 g/mol. The Balaban J connectivity index is 2.16. The molecule has 0 aromatic heterocycles. The van der Waals surface area contributed by atoms with Gasteiger partial charge in [0.25, 0.3) is 0 Å². The van der Waals surface area contributed by atoms with Gasteiger partial charge in [0.1, 0.15) is 5.75 Å². The van der Waals surface area contributed by atoms with Crippen LogP contribution in [-0.2, 0) is 9.53 Å². The summed E-state index contributed by atoms with van der Waals surface area (Å²) >= 11 is 3.35. The highest BCUT2D eigenvalue weighted by molar-refractivity contribution is 9.10. The quantitative estimate of drug-likeness (QED) is 0.595. The number of hydrogen-bond acceptors (Lipinski definition) is 3. The molecule has 0 unspecified atom stereocenters. The first-order valence-corrected chi connectivity index (χ1v) is 6.05. The maximum absolute atomic E-state index is 11.0. The highest BCUT2D eigenvalue weighted by Crippen LogP contribution is 2.16. The topological polar surface area (TPSA) is 35.5 Å². The molecule has 1 rings (SSSR count). The van der Waals surface area contributed by atoms with Crippen molar-refractivity contribution >= 4 is 21.9 Å². The molecule has 0 aliphatic carbocycles. The molecular formula is C12H15BrO3. The zero-order chi connectivity index (χ0) is 11.8. The van der Waals surface area contributed by atoms with E-state index < -0.39 is 0 Å². The third-order valence-electron chi connectivity index (χ3n) is 1.91. The molecule has 16 heavy (non-hydrogen) atoms. The van der Waals surface area contributed by atoms with E-state index in [-0.39, 0.29) is 5.97 Å². The number of halogens is 1. The Labute approximate surface area is 104 Å². The minimum absolute atomic E-state index is 0.165. The fourth-order valence-corrected chi connectivity index (χ4v) is 1.43. The molecule has 0 radical (unpaired) electrons. The van der Waals surface area contributed by atoms with Crippen LogP contribution >= 0.6 is 15.9 Å². The van der Waals surface area contributed by atoms with Gasteiger partial charge in [0.2, 0.25) is 0 Å². The average molecular weight is 287 g/mol. The largest absolute Gasteiger partial charge is 0.494 e. The molecule has 0 aliphatic heterocycles. The van der Waals surface area contributed by atoms with E-state index in [1.807, 2.05) is 24.3 Å². The number of ether oxygens (including phenoxy) is 2. The van der Waals surface area contributed by atoms with Crippen molar-refractivity contribution in [2.24, 2.45) is 0 Å². The van der Waals surface area contributed by atoms with Crippen molar-refractivity contribution in [2.75, 3.05) is 13.2 Å². The molecule has 88 valence electrons. The number of rotatable bonds is 6. The van der Waals surface area contributed by atoms with Gasteiger partial charge in [-0.3, -0.25) is 4.79 Å². The van der Waals surface area contributed by atoms with E-state index in [0.717, 1.165) is 10.2 Å². The second-order valence-corrected chi connectivity index (χ2v) is 4.13. The van der Waals surface area contributed by atoms with Crippen molar-refractivity contribution in [3.63, 3.8) is 0 Å². The lowest BCUT2D eigenvalue weighted by atomic mass is 10.3. The van der Waals surface area contributed by atoms with Crippen LogP contribution in [0, 0.1) is 0 Å². The normalized spacial score (nSPS) is 9.88. The predicted octanol–water partition coefficient (Wildman–Crippen LogP) is 3.17. The molecule has 0 saturated heterocycles. The van der Waals surface area contributed by atoms with Crippen molar-refractivity contribution in [3.05, 3.63) is 28.7 Å². The van der Waals surface area contributed by atoms with E-state index in [9.17, 15) is 4.79 Å². The van der Waals surface area contributed by atoms with Gasteiger partial charge < -0.3 is 9.47 Å². The Hall–Kier alpha value is -1.03. The Morgan fingerprint density at radius 3 is 2.62 bits per heavy atom. The first-order chi connectivity index (χ1) is 7.72. The molecule has 0 amide bonds. The summed E-state index contributed by atoms with van der Waals surface area (Å²) in [7, 11) is 0. The molecule has 1 aromatic rings.